The van der Waals surface area contributed by atoms with Gasteiger partial charge in [-0.3, -0.25) is 0 Å². The Bertz CT molecular complexity index is 410. The van der Waals surface area contributed by atoms with Crippen LogP contribution in [0.5, 0.6) is 5.75 Å². The lowest BCUT2D eigenvalue weighted by molar-refractivity contribution is 0.115. The van der Waals surface area contributed by atoms with E-state index in [0.29, 0.717) is 6.61 Å². The van der Waals surface area contributed by atoms with Crippen LogP contribution in [0.15, 0.2) is 18.2 Å². The van der Waals surface area contributed by atoms with Gasteiger partial charge in [0.2, 0.25) is 0 Å². The van der Waals surface area contributed by atoms with Crippen molar-refractivity contribution in [2.45, 2.75) is 65.6 Å². The summed E-state index contributed by atoms with van der Waals surface area (Å²) in [6.07, 6.45) is 3.58. The van der Waals surface area contributed by atoms with Gasteiger partial charge >= 0.3 is 0 Å². The van der Waals surface area contributed by atoms with E-state index in [9.17, 15) is 0 Å². The molecule has 0 amide bonds. The Kier molecular flexibility index (Phi) is 7.76. The number of unbranched alkanes of at least 4 members (excludes halogenated alkanes) is 2. The van der Waals surface area contributed by atoms with E-state index in [4.69, 9.17) is 9.47 Å². The molecule has 3 heteroatoms. The number of hydrogen-bond acceptors (Lipinski definition) is 3. The lowest BCUT2D eigenvalue weighted by Crippen LogP contribution is -2.35. The van der Waals surface area contributed by atoms with Gasteiger partial charge in [-0.1, -0.05) is 25.8 Å². The highest BCUT2D eigenvalue weighted by Gasteiger charge is 2.10. The fourth-order valence-electron chi connectivity index (χ4n) is 2.06. The summed E-state index contributed by atoms with van der Waals surface area (Å²) < 4.78 is 11.2. The van der Waals surface area contributed by atoms with E-state index < -0.39 is 0 Å². The van der Waals surface area contributed by atoms with E-state index in [-0.39, 0.29) is 5.54 Å². The highest BCUT2D eigenvalue weighted by molar-refractivity contribution is 5.37. The molecule has 0 unspecified atom stereocenters. The van der Waals surface area contributed by atoms with Crippen molar-refractivity contribution in [3.63, 3.8) is 0 Å². The molecule has 21 heavy (non-hydrogen) atoms. The average molecular weight is 293 g/mol. The van der Waals surface area contributed by atoms with Crippen molar-refractivity contribution in [1.82, 2.24) is 5.32 Å². The molecule has 0 saturated heterocycles. The summed E-state index contributed by atoms with van der Waals surface area (Å²) in [5.74, 6) is 0.907. The van der Waals surface area contributed by atoms with Crippen molar-refractivity contribution < 1.29 is 9.47 Å². The molecular weight excluding hydrogens is 262 g/mol. The number of hydrogen-bond donors (Lipinski definition) is 1. The van der Waals surface area contributed by atoms with Crippen molar-refractivity contribution in [1.29, 1.82) is 0 Å². The first-order valence-electron chi connectivity index (χ1n) is 7.95. The van der Waals surface area contributed by atoms with Crippen molar-refractivity contribution in [2.75, 3.05) is 13.7 Å². The fourth-order valence-corrected chi connectivity index (χ4v) is 2.06. The van der Waals surface area contributed by atoms with E-state index >= 15 is 0 Å². The van der Waals surface area contributed by atoms with Crippen LogP contribution < -0.4 is 10.1 Å². The summed E-state index contributed by atoms with van der Waals surface area (Å²) in [6, 6.07) is 6.32. The van der Waals surface area contributed by atoms with Gasteiger partial charge in [0.05, 0.1) is 13.7 Å². The predicted molar refractivity (Wildman–Crippen MR) is 88.8 cm³/mol. The van der Waals surface area contributed by atoms with Gasteiger partial charge < -0.3 is 14.8 Å². The summed E-state index contributed by atoms with van der Waals surface area (Å²) >= 11 is 0. The number of ether oxygens (including phenoxy) is 2. The normalized spacial score (nSPS) is 11.7. The van der Waals surface area contributed by atoms with Gasteiger partial charge in [-0.05, 0) is 44.9 Å². The van der Waals surface area contributed by atoms with Crippen LogP contribution in [0.2, 0.25) is 0 Å². The Labute approximate surface area is 130 Å². The topological polar surface area (TPSA) is 30.5 Å². The third-order valence-corrected chi connectivity index (χ3v) is 3.32. The van der Waals surface area contributed by atoms with Crippen LogP contribution in [0.1, 0.15) is 58.1 Å². The Morgan fingerprint density at radius 3 is 2.52 bits per heavy atom. The monoisotopic (exact) mass is 293 g/mol. The molecule has 1 aromatic carbocycles. The summed E-state index contributed by atoms with van der Waals surface area (Å²) in [6.45, 7) is 11.0. The molecule has 0 aromatic heterocycles. The Morgan fingerprint density at radius 1 is 1.14 bits per heavy atom. The highest BCUT2D eigenvalue weighted by Crippen LogP contribution is 2.21. The lowest BCUT2D eigenvalue weighted by atomic mass is 10.1. The molecule has 1 rings (SSSR count). The standard InChI is InChI=1S/C18H31NO2/c1-6-7-8-11-21-14-16-12-15(9-10-17(16)20-5)13-19-18(2,3)4/h9-10,12,19H,6-8,11,13-14H2,1-5H3. The molecule has 120 valence electrons. The molecule has 0 heterocycles. The maximum Gasteiger partial charge on any atom is 0.124 e. The van der Waals surface area contributed by atoms with Crippen molar-refractivity contribution in [2.24, 2.45) is 0 Å². The van der Waals surface area contributed by atoms with E-state index in [1.807, 2.05) is 6.07 Å². The molecule has 0 saturated carbocycles. The first kappa shape index (κ1) is 18.0. The minimum atomic E-state index is 0.122. The van der Waals surface area contributed by atoms with Gasteiger partial charge in [0.1, 0.15) is 5.75 Å². The Balaban J connectivity index is 2.58. The molecular formula is C18H31NO2. The van der Waals surface area contributed by atoms with Gasteiger partial charge in [0, 0.05) is 24.3 Å². The van der Waals surface area contributed by atoms with Gasteiger partial charge in [-0.15, -0.1) is 0 Å². The maximum atomic E-state index is 5.76. The number of rotatable bonds is 9. The summed E-state index contributed by atoms with van der Waals surface area (Å²) in [7, 11) is 1.71. The molecule has 0 spiro atoms. The molecule has 0 aliphatic rings. The van der Waals surface area contributed by atoms with E-state index in [1.54, 1.807) is 7.11 Å². The van der Waals surface area contributed by atoms with E-state index in [1.165, 1.54) is 18.4 Å². The quantitative estimate of drug-likeness (QED) is 0.689. The third-order valence-electron chi connectivity index (χ3n) is 3.32. The zero-order valence-electron chi connectivity index (χ0n) is 14.3. The van der Waals surface area contributed by atoms with Crippen LogP contribution in [0.4, 0.5) is 0 Å². The summed E-state index contributed by atoms with van der Waals surface area (Å²) in [5.41, 5.74) is 2.51. The average Bonchev–Trinajstić information content (AvgIpc) is 2.44. The van der Waals surface area contributed by atoms with Gasteiger partial charge in [-0.2, -0.15) is 0 Å². The van der Waals surface area contributed by atoms with Gasteiger partial charge in [-0.25, -0.2) is 0 Å². The van der Waals surface area contributed by atoms with Gasteiger partial charge in [0.25, 0.3) is 0 Å². The van der Waals surface area contributed by atoms with Crippen LogP contribution in [0.25, 0.3) is 0 Å². The van der Waals surface area contributed by atoms with Crippen molar-refractivity contribution >= 4 is 0 Å². The molecule has 0 atom stereocenters. The van der Waals surface area contributed by atoms with Crippen LogP contribution in [0, 0.1) is 0 Å². The fraction of sp³-hybridized carbons (Fsp3) is 0.667. The number of benzene rings is 1. The molecule has 1 N–H and O–H groups in total. The first-order valence-corrected chi connectivity index (χ1v) is 7.95. The Hall–Kier alpha value is -1.06. The van der Waals surface area contributed by atoms with E-state index in [0.717, 1.165) is 30.9 Å². The van der Waals surface area contributed by atoms with Crippen LogP contribution in [-0.4, -0.2) is 19.3 Å². The first-order chi connectivity index (χ1) is 9.96. The number of nitrogens with one attached hydrogen (secondary N) is 1. The zero-order valence-corrected chi connectivity index (χ0v) is 14.3. The highest BCUT2D eigenvalue weighted by atomic mass is 16.5. The second-order valence-corrected chi connectivity index (χ2v) is 6.51. The smallest absolute Gasteiger partial charge is 0.124 e. The maximum absolute atomic E-state index is 5.76. The van der Waals surface area contributed by atoms with E-state index in [2.05, 4.69) is 45.1 Å². The SMILES string of the molecule is CCCCCOCc1cc(CNC(C)(C)C)ccc1OC. The molecule has 0 aliphatic heterocycles. The summed E-state index contributed by atoms with van der Waals surface area (Å²) in [4.78, 5) is 0. The molecule has 0 radical (unpaired) electrons. The molecule has 1 aromatic rings. The van der Waals surface area contributed by atoms with Gasteiger partial charge in [0.15, 0.2) is 0 Å². The molecule has 3 nitrogen and oxygen atoms in total. The number of methoxy groups -OCH3 is 1. The predicted octanol–water partition coefficient (Wildman–Crippen LogP) is 4.29. The molecule has 0 bridgehead atoms. The second kappa shape index (κ2) is 9.06. The summed E-state index contributed by atoms with van der Waals surface area (Å²) in [5, 5.41) is 3.51. The van der Waals surface area contributed by atoms with Crippen LogP contribution in [-0.2, 0) is 17.9 Å². The van der Waals surface area contributed by atoms with Crippen LogP contribution in [0.3, 0.4) is 0 Å². The third kappa shape index (κ3) is 7.49. The second-order valence-electron chi connectivity index (χ2n) is 6.51. The molecule has 0 fully saturated rings. The van der Waals surface area contributed by atoms with Crippen molar-refractivity contribution in [3.05, 3.63) is 29.3 Å². The minimum absolute atomic E-state index is 0.122. The lowest BCUT2D eigenvalue weighted by Gasteiger charge is -2.21. The molecule has 0 aliphatic carbocycles. The largest absolute Gasteiger partial charge is 0.496 e. The van der Waals surface area contributed by atoms with Crippen LogP contribution >= 0.6 is 0 Å². The Morgan fingerprint density at radius 2 is 1.90 bits per heavy atom. The van der Waals surface area contributed by atoms with Crippen molar-refractivity contribution in [3.8, 4) is 5.75 Å². The minimum Gasteiger partial charge on any atom is -0.496 e. The zero-order chi connectivity index (χ0) is 15.7.